The predicted octanol–water partition coefficient (Wildman–Crippen LogP) is 3.06. The summed E-state index contributed by atoms with van der Waals surface area (Å²) >= 11 is 0. The minimum atomic E-state index is 0.977. The van der Waals surface area contributed by atoms with Gasteiger partial charge < -0.3 is 10.3 Å². The second-order valence-electron chi connectivity index (χ2n) is 4.77. The van der Waals surface area contributed by atoms with Crippen molar-refractivity contribution in [2.24, 2.45) is 5.92 Å². The van der Waals surface area contributed by atoms with Gasteiger partial charge in [0.2, 0.25) is 0 Å². The molecule has 0 radical (unpaired) electrons. The molecule has 0 atom stereocenters. The minimum absolute atomic E-state index is 0.977. The van der Waals surface area contributed by atoms with E-state index in [1.807, 2.05) is 6.20 Å². The summed E-state index contributed by atoms with van der Waals surface area (Å²) in [6, 6.07) is 8.61. The monoisotopic (exact) mass is 214 g/mol. The first-order valence-electron chi connectivity index (χ1n) is 6.19. The summed E-state index contributed by atoms with van der Waals surface area (Å²) in [6.45, 7) is 2.13. The predicted molar refractivity (Wildman–Crippen MR) is 67.3 cm³/mol. The number of aromatic nitrogens is 1. The number of rotatable bonds is 5. The lowest BCUT2D eigenvalue weighted by atomic mass is 10.1. The van der Waals surface area contributed by atoms with Crippen LogP contribution in [0.1, 0.15) is 24.8 Å². The first-order chi connectivity index (χ1) is 7.93. The van der Waals surface area contributed by atoms with Crippen molar-refractivity contribution in [2.75, 3.05) is 6.54 Å². The molecule has 84 valence electrons. The van der Waals surface area contributed by atoms with Gasteiger partial charge in [0.25, 0.3) is 0 Å². The normalized spacial score (nSPS) is 15.8. The molecule has 1 aliphatic rings. The average molecular weight is 214 g/mol. The molecule has 0 bridgehead atoms. The van der Waals surface area contributed by atoms with Crippen LogP contribution in [0.2, 0.25) is 0 Å². The summed E-state index contributed by atoms with van der Waals surface area (Å²) in [5.41, 5.74) is 2.65. The number of hydrogen-bond donors (Lipinski definition) is 2. The fourth-order valence-corrected chi connectivity index (χ4v) is 2.23. The maximum absolute atomic E-state index is 3.53. The Labute approximate surface area is 96.1 Å². The highest BCUT2D eigenvalue weighted by Gasteiger charge is 2.19. The third-order valence-corrected chi connectivity index (χ3v) is 3.42. The lowest BCUT2D eigenvalue weighted by Crippen LogP contribution is -2.15. The van der Waals surface area contributed by atoms with Crippen LogP contribution in [0, 0.1) is 5.92 Å². The fraction of sp³-hybridized carbons (Fsp3) is 0.429. The topological polar surface area (TPSA) is 27.8 Å². The van der Waals surface area contributed by atoms with Crippen molar-refractivity contribution in [3.63, 3.8) is 0 Å². The third kappa shape index (κ3) is 2.12. The van der Waals surface area contributed by atoms with E-state index in [1.165, 1.54) is 35.7 Å². The summed E-state index contributed by atoms with van der Waals surface area (Å²) in [5, 5.41) is 4.84. The van der Waals surface area contributed by atoms with Crippen molar-refractivity contribution in [1.82, 2.24) is 10.3 Å². The lowest BCUT2D eigenvalue weighted by Gasteiger charge is -2.05. The van der Waals surface area contributed by atoms with Crippen LogP contribution >= 0.6 is 0 Å². The Morgan fingerprint density at radius 2 is 2.19 bits per heavy atom. The summed E-state index contributed by atoms with van der Waals surface area (Å²) in [7, 11) is 0. The van der Waals surface area contributed by atoms with Gasteiger partial charge in [0.05, 0.1) is 0 Å². The molecule has 1 aromatic heterocycles. The third-order valence-electron chi connectivity index (χ3n) is 3.42. The molecule has 2 nitrogen and oxygen atoms in total. The van der Waals surface area contributed by atoms with Gasteiger partial charge >= 0.3 is 0 Å². The van der Waals surface area contributed by atoms with Crippen LogP contribution in [-0.4, -0.2) is 11.5 Å². The zero-order valence-corrected chi connectivity index (χ0v) is 9.50. The highest BCUT2D eigenvalue weighted by Crippen LogP contribution is 2.31. The van der Waals surface area contributed by atoms with Gasteiger partial charge in [-0.1, -0.05) is 31.0 Å². The van der Waals surface area contributed by atoms with Gasteiger partial charge in [0, 0.05) is 18.3 Å². The standard InChI is InChI=1S/C14H18N2/c1-2-12-7-9-16-14(12)13(3-1)10-15-8-6-11-4-5-11/h1-3,7,9,11,15-16H,4-6,8,10H2. The smallest absolute Gasteiger partial charge is 0.0499 e. The zero-order valence-electron chi connectivity index (χ0n) is 9.50. The molecule has 1 saturated carbocycles. The molecule has 2 N–H and O–H groups in total. The Bertz CT molecular complexity index is 468. The van der Waals surface area contributed by atoms with Gasteiger partial charge in [0.1, 0.15) is 0 Å². The molecule has 0 spiro atoms. The van der Waals surface area contributed by atoms with Crippen LogP contribution in [0.15, 0.2) is 30.5 Å². The number of fused-ring (bicyclic) bond motifs is 1. The molecule has 3 rings (SSSR count). The van der Waals surface area contributed by atoms with Crippen molar-refractivity contribution in [1.29, 1.82) is 0 Å². The van der Waals surface area contributed by atoms with Crippen LogP contribution in [0.4, 0.5) is 0 Å². The molecule has 2 aromatic rings. The maximum atomic E-state index is 3.53. The van der Waals surface area contributed by atoms with E-state index in [0.29, 0.717) is 0 Å². The number of H-pyrrole nitrogens is 1. The maximum Gasteiger partial charge on any atom is 0.0499 e. The molecule has 0 amide bonds. The van der Waals surface area contributed by atoms with E-state index in [1.54, 1.807) is 0 Å². The molecule has 0 saturated heterocycles. The number of nitrogens with one attached hydrogen (secondary N) is 2. The highest BCUT2D eigenvalue weighted by molar-refractivity contribution is 5.82. The van der Waals surface area contributed by atoms with Crippen LogP contribution in [0.5, 0.6) is 0 Å². The molecule has 1 fully saturated rings. The van der Waals surface area contributed by atoms with Gasteiger partial charge in [-0.15, -0.1) is 0 Å². The fourth-order valence-electron chi connectivity index (χ4n) is 2.23. The summed E-state index contributed by atoms with van der Waals surface area (Å²) in [5.74, 6) is 1.02. The first kappa shape index (κ1) is 9.91. The number of hydrogen-bond acceptors (Lipinski definition) is 1. The Morgan fingerprint density at radius 3 is 3.06 bits per heavy atom. The zero-order chi connectivity index (χ0) is 10.8. The van der Waals surface area contributed by atoms with Gasteiger partial charge in [-0.3, -0.25) is 0 Å². The Kier molecular flexibility index (Phi) is 2.66. The number of benzene rings is 1. The summed E-state index contributed by atoms with van der Waals surface area (Å²) in [6.07, 6.45) is 6.26. The minimum Gasteiger partial charge on any atom is -0.361 e. The van der Waals surface area contributed by atoms with Crippen molar-refractivity contribution >= 4 is 10.9 Å². The second-order valence-corrected chi connectivity index (χ2v) is 4.77. The van der Waals surface area contributed by atoms with E-state index in [2.05, 4.69) is 34.6 Å². The molecule has 1 heterocycles. The van der Waals surface area contributed by atoms with Gasteiger partial charge in [-0.2, -0.15) is 0 Å². The van der Waals surface area contributed by atoms with Crippen LogP contribution in [-0.2, 0) is 6.54 Å². The molecule has 1 aromatic carbocycles. The Morgan fingerprint density at radius 1 is 1.25 bits per heavy atom. The summed E-state index contributed by atoms with van der Waals surface area (Å²) < 4.78 is 0. The molecule has 16 heavy (non-hydrogen) atoms. The molecular formula is C14H18N2. The first-order valence-corrected chi connectivity index (χ1v) is 6.19. The van der Waals surface area contributed by atoms with E-state index >= 15 is 0 Å². The Hall–Kier alpha value is -1.28. The van der Waals surface area contributed by atoms with E-state index in [9.17, 15) is 0 Å². The van der Waals surface area contributed by atoms with E-state index in [4.69, 9.17) is 0 Å². The van der Waals surface area contributed by atoms with Crippen molar-refractivity contribution in [3.8, 4) is 0 Å². The number of aromatic amines is 1. The SMILES string of the molecule is c1cc(CNCCC2CC2)c2[nH]ccc2c1. The Balaban J connectivity index is 1.61. The molecular weight excluding hydrogens is 196 g/mol. The average Bonchev–Trinajstić information content (AvgIpc) is 3.00. The number of para-hydroxylation sites is 1. The van der Waals surface area contributed by atoms with Crippen molar-refractivity contribution < 1.29 is 0 Å². The van der Waals surface area contributed by atoms with Crippen LogP contribution in [0.25, 0.3) is 10.9 Å². The molecule has 0 aliphatic heterocycles. The van der Waals surface area contributed by atoms with E-state index in [-0.39, 0.29) is 0 Å². The molecule has 1 aliphatic carbocycles. The van der Waals surface area contributed by atoms with Crippen molar-refractivity contribution in [2.45, 2.75) is 25.8 Å². The van der Waals surface area contributed by atoms with Crippen LogP contribution < -0.4 is 5.32 Å². The van der Waals surface area contributed by atoms with Crippen molar-refractivity contribution in [3.05, 3.63) is 36.0 Å². The van der Waals surface area contributed by atoms with E-state index < -0.39 is 0 Å². The largest absolute Gasteiger partial charge is 0.361 e. The van der Waals surface area contributed by atoms with E-state index in [0.717, 1.165) is 19.0 Å². The van der Waals surface area contributed by atoms with Gasteiger partial charge in [-0.05, 0) is 35.9 Å². The summed E-state index contributed by atoms with van der Waals surface area (Å²) in [4.78, 5) is 3.31. The van der Waals surface area contributed by atoms with Crippen LogP contribution in [0.3, 0.4) is 0 Å². The van der Waals surface area contributed by atoms with Gasteiger partial charge in [0.15, 0.2) is 0 Å². The highest BCUT2D eigenvalue weighted by atomic mass is 14.9. The lowest BCUT2D eigenvalue weighted by molar-refractivity contribution is 0.614. The molecule has 0 unspecified atom stereocenters. The molecule has 2 heteroatoms. The quantitative estimate of drug-likeness (QED) is 0.736. The van der Waals surface area contributed by atoms with Gasteiger partial charge in [-0.25, -0.2) is 0 Å². The second kappa shape index (κ2) is 4.30.